The molecule has 0 aromatic rings. The van der Waals surface area contributed by atoms with Crippen molar-refractivity contribution in [1.29, 1.82) is 0 Å². The molecule has 0 saturated heterocycles. The second-order valence-corrected chi connectivity index (χ2v) is 2.97. The summed E-state index contributed by atoms with van der Waals surface area (Å²) in [6, 6.07) is 0. The Morgan fingerprint density at radius 2 is 1.85 bits per heavy atom. The van der Waals surface area contributed by atoms with Crippen LogP contribution in [0.1, 0.15) is 20.3 Å². The molecular formula is C9H16N2O2. The van der Waals surface area contributed by atoms with Crippen molar-refractivity contribution in [3.63, 3.8) is 0 Å². The molecule has 0 radical (unpaired) electrons. The average Bonchev–Trinajstić information content (AvgIpc) is 2.00. The normalized spacial score (nSPS) is 9.08. The van der Waals surface area contributed by atoms with E-state index in [1.165, 1.54) is 6.92 Å². The van der Waals surface area contributed by atoms with E-state index in [1.807, 2.05) is 6.92 Å². The number of hydrogen-bond acceptors (Lipinski definition) is 2. The molecule has 0 heterocycles. The van der Waals surface area contributed by atoms with Crippen LogP contribution in [0.3, 0.4) is 0 Å². The van der Waals surface area contributed by atoms with Gasteiger partial charge in [0.1, 0.15) is 0 Å². The van der Waals surface area contributed by atoms with Crippen LogP contribution >= 0.6 is 0 Å². The zero-order chi connectivity index (χ0) is 10.3. The molecule has 0 aromatic heterocycles. The molecule has 74 valence electrons. The summed E-state index contributed by atoms with van der Waals surface area (Å²) in [5.41, 5.74) is 0.910. The van der Waals surface area contributed by atoms with Gasteiger partial charge in [-0.3, -0.25) is 9.59 Å². The summed E-state index contributed by atoms with van der Waals surface area (Å²) in [6.45, 7) is 7.80. The van der Waals surface area contributed by atoms with Gasteiger partial charge in [0.05, 0.1) is 0 Å². The largest absolute Gasteiger partial charge is 0.356 e. The van der Waals surface area contributed by atoms with Crippen LogP contribution in [-0.2, 0) is 9.59 Å². The van der Waals surface area contributed by atoms with Gasteiger partial charge in [-0.2, -0.15) is 0 Å². The highest BCUT2D eigenvalue weighted by Crippen LogP contribution is 1.83. The van der Waals surface area contributed by atoms with Crippen LogP contribution in [-0.4, -0.2) is 24.9 Å². The highest BCUT2D eigenvalue weighted by atomic mass is 16.2. The second-order valence-electron chi connectivity index (χ2n) is 2.97. The Hall–Kier alpha value is -1.32. The van der Waals surface area contributed by atoms with Crippen molar-refractivity contribution in [3.8, 4) is 0 Å². The first-order valence-corrected chi connectivity index (χ1v) is 4.18. The topological polar surface area (TPSA) is 58.2 Å². The van der Waals surface area contributed by atoms with E-state index in [1.54, 1.807) is 0 Å². The van der Waals surface area contributed by atoms with Crippen LogP contribution in [0.25, 0.3) is 0 Å². The lowest BCUT2D eigenvalue weighted by atomic mass is 10.3. The first-order chi connectivity index (χ1) is 6.02. The van der Waals surface area contributed by atoms with Gasteiger partial charge >= 0.3 is 0 Å². The molecule has 0 spiro atoms. The van der Waals surface area contributed by atoms with Crippen LogP contribution in [0.4, 0.5) is 0 Å². The van der Waals surface area contributed by atoms with Crippen molar-refractivity contribution in [3.05, 3.63) is 12.2 Å². The lowest BCUT2D eigenvalue weighted by molar-refractivity contribution is -0.121. The van der Waals surface area contributed by atoms with E-state index in [4.69, 9.17) is 0 Å². The van der Waals surface area contributed by atoms with Crippen LogP contribution < -0.4 is 10.6 Å². The van der Waals surface area contributed by atoms with E-state index in [2.05, 4.69) is 17.2 Å². The molecule has 0 bridgehead atoms. The van der Waals surface area contributed by atoms with Crippen molar-refractivity contribution in [1.82, 2.24) is 10.6 Å². The molecule has 2 N–H and O–H groups in total. The fourth-order valence-corrected chi connectivity index (χ4v) is 0.690. The molecule has 0 aromatic carbocycles. The third-order valence-corrected chi connectivity index (χ3v) is 1.31. The Balaban J connectivity index is 3.41. The van der Waals surface area contributed by atoms with E-state index >= 15 is 0 Å². The van der Waals surface area contributed by atoms with E-state index in [-0.39, 0.29) is 11.8 Å². The third kappa shape index (κ3) is 8.59. The van der Waals surface area contributed by atoms with Gasteiger partial charge in [-0.1, -0.05) is 12.2 Å². The predicted molar refractivity (Wildman–Crippen MR) is 51.1 cm³/mol. The van der Waals surface area contributed by atoms with Crippen LogP contribution in [0.15, 0.2) is 12.2 Å². The zero-order valence-electron chi connectivity index (χ0n) is 8.14. The zero-order valence-corrected chi connectivity index (χ0v) is 8.14. The van der Waals surface area contributed by atoms with Crippen LogP contribution in [0, 0.1) is 0 Å². The van der Waals surface area contributed by atoms with Crippen molar-refractivity contribution < 1.29 is 9.59 Å². The number of carbonyl (C=O) groups is 2. The molecule has 0 saturated carbocycles. The summed E-state index contributed by atoms with van der Waals surface area (Å²) < 4.78 is 0. The summed E-state index contributed by atoms with van der Waals surface area (Å²) >= 11 is 0. The highest BCUT2D eigenvalue weighted by molar-refractivity contribution is 5.78. The average molecular weight is 184 g/mol. The number of rotatable bonds is 5. The number of carbonyl (C=O) groups excluding carboxylic acids is 2. The molecule has 0 atom stereocenters. The van der Waals surface area contributed by atoms with E-state index < -0.39 is 0 Å². The Morgan fingerprint density at radius 1 is 1.23 bits per heavy atom. The lowest BCUT2D eigenvalue weighted by Crippen LogP contribution is -2.30. The van der Waals surface area contributed by atoms with Gasteiger partial charge < -0.3 is 10.6 Å². The highest BCUT2D eigenvalue weighted by Gasteiger charge is 1.99. The fraction of sp³-hybridized carbons (Fsp3) is 0.556. The Labute approximate surface area is 78.4 Å². The van der Waals surface area contributed by atoms with Crippen LogP contribution in [0.5, 0.6) is 0 Å². The summed E-state index contributed by atoms with van der Waals surface area (Å²) in [7, 11) is 0. The molecule has 2 amide bonds. The molecular weight excluding hydrogens is 168 g/mol. The van der Waals surface area contributed by atoms with Crippen LogP contribution in [0.2, 0.25) is 0 Å². The molecule has 0 rings (SSSR count). The third-order valence-electron chi connectivity index (χ3n) is 1.31. The summed E-state index contributed by atoms with van der Waals surface area (Å²) in [5, 5.41) is 5.21. The Morgan fingerprint density at radius 3 is 2.31 bits per heavy atom. The van der Waals surface area contributed by atoms with Gasteiger partial charge in [0.25, 0.3) is 0 Å². The molecule has 0 unspecified atom stereocenters. The number of amides is 2. The first kappa shape index (κ1) is 11.7. The van der Waals surface area contributed by atoms with Gasteiger partial charge in [-0.15, -0.1) is 0 Å². The molecule has 0 aliphatic rings. The summed E-state index contributed by atoms with van der Waals surface area (Å²) in [5.74, 6) is -0.190. The van der Waals surface area contributed by atoms with E-state index in [0.29, 0.717) is 19.5 Å². The number of nitrogens with one attached hydrogen (secondary N) is 2. The molecule has 4 nitrogen and oxygen atoms in total. The fourth-order valence-electron chi connectivity index (χ4n) is 0.690. The Bertz CT molecular complexity index is 212. The van der Waals surface area contributed by atoms with Gasteiger partial charge in [0.15, 0.2) is 0 Å². The Kier molecular flexibility index (Phi) is 5.59. The minimum atomic E-state index is -0.118. The smallest absolute Gasteiger partial charge is 0.222 e. The van der Waals surface area contributed by atoms with Gasteiger partial charge in [0.2, 0.25) is 11.8 Å². The van der Waals surface area contributed by atoms with Crippen molar-refractivity contribution in [2.45, 2.75) is 20.3 Å². The summed E-state index contributed by atoms with van der Waals surface area (Å²) in [6.07, 6.45) is 0.312. The summed E-state index contributed by atoms with van der Waals surface area (Å²) in [4.78, 5) is 21.5. The first-order valence-electron chi connectivity index (χ1n) is 4.18. The molecule has 13 heavy (non-hydrogen) atoms. The van der Waals surface area contributed by atoms with Crippen molar-refractivity contribution in [2.75, 3.05) is 13.1 Å². The minimum Gasteiger partial charge on any atom is -0.356 e. The quantitative estimate of drug-likeness (QED) is 0.600. The standard InChI is InChI=1S/C9H16N2O2/c1-7(2)6-11-9(13)4-5-10-8(3)12/h1,4-6H2,2-3H3,(H,10,12)(H,11,13). The molecule has 0 aliphatic heterocycles. The van der Waals surface area contributed by atoms with Crippen molar-refractivity contribution >= 4 is 11.8 Å². The number of hydrogen-bond donors (Lipinski definition) is 2. The lowest BCUT2D eigenvalue weighted by Gasteiger charge is -2.04. The van der Waals surface area contributed by atoms with E-state index in [0.717, 1.165) is 5.57 Å². The molecule has 0 fully saturated rings. The monoisotopic (exact) mass is 184 g/mol. The minimum absolute atomic E-state index is 0.0725. The second kappa shape index (κ2) is 6.22. The molecule has 4 heteroatoms. The maximum Gasteiger partial charge on any atom is 0.222 e. The molecule has 0 aliphatic carbocycles. The van der Waals surface area contributed by atoms with Crippen molar-refractivity contribution in [2.24, 2.45) is 0 Å². The van der Waals surface area contributed by atoms with Gasteiger partial charge in [-0.25, -0.2) is 0 Å². The maximum absolute atomic E-state index is 11.0. The SMILES string of the molecule is C=C(C)CNC(=O)CCNC(C)=O. The maximum atomic E-state index is 11.0. The van der Waals surface area contributed by atoms with Gasteiger partial charge in [0, 0.05) is 26.4 Å². The predicted octanol–water partition coefficient (Wildman–Crippen LogP) is 0.205. The van der Waals surface area contributed by atoms with E-state index in [9.17, 15) is 9.59 Å². The van der Waals surface area contributed by atoms with Gasteiger partial charge in [-0.05, 0) is 6.92 Å².